The zero-order valence-electron chi connectivity index (χ0n) is 16.1. The van der Waals surface area contributed by atoms with Gasteiger partial charge in [0.25, 0.3) is 0 Å². The predicted octanol–water partition coefficient (Wildman–Crippen LogP) is 2.58. The number of nitrogens with one attached hydrogen (secondary N) is 1. The summed E-state index contributed by atoms with van der Waals surface area (Å²) < 4.78 is 10.0. The van der Waals surface area contributed by atoms with Crippen LogP contribution in [0.2, 0.25) is 0 Å². The molecule has 0 aliphatic heterocycles. The van der Waals surface area contributed by atoms with E-state index < -0.39 is 30.3 Å². The van der Waals surface area contributed by atoms with Gasteiger partial charge in [0, 0.05) is 18.0 Å². The first kappa shape index (κ1) is 21.8. The first-order valence-electron chi connectivity index (χ1n) is 8.56. The number of hydrogen-bond acceptors (Lipinski definition) is 9. The van der Waals surface area contributed by atoms with Gasteiger partial charge >= 0.3 is 12.1 Å². The average Bonchev–Trinajstić information content (AvgIpc) is 3.12. The number of aromatic nitrogens is 2. The maximum atomic E-state index is 12.2. The fraction of sp³-hybridized carbons (Fsp3) is 0.368. The Bertz CT molecular complexity index is 951. The summed E-state index contributed by atoms with van der Waals surface area (Å²) in [7, 11) is 0. The van der Waals surface area contributed by atoms with Crippen LogP contribution in [0.3, 0.4) is 0 Å². The predicted molar refractivity (Wildman–Crippen MR) is 103 cm³/mol. The van der Waals surface area contributed by atoms with E-state index in [-0.39, 0.29) is 6.42 Å². The Kier molecular flexibility index (Phi) is 7.23. The minimum absolute atomic E-state index is 0.0600. The Labute approximate surface area is 171 Å². The highest BCUT2D eigenvalue weighted by Crippen LogP contribution is 2.21. The lowest BCUT2D eigenvalue weighted by Crippen LogP contribution is -2.45. The van der Waals surface area contributed by atoms with E-state index in [1.54, 1.807) is 44.4 Å². The van der Waals surface area contributed by atoms with E-state index in [9.17, 15) is 9.59 Å². The molecule has 1 amide bonds. The third-order valence-electron chi connectivity index (χ3n) is 3.34. The van der Waals surface area contributed by atoms with Crippen LogP contribution < -0.4 is 5.32 Å². The third kappa shape index (κ3) is 6.87. The number of esters is 1. The second-order valence-corrected chi connectivity index (χ2v) is 7.78. The molecule has 0 saturated heterocycles. The maximum absolute atomic E-state index is 12.2. The van der Waals surface area contributed by atoms with Crippen molar-refractivity contribution in [2.75, 3.05) is 6.61 Å². The second kappa shape index (κ2) is 9.62. The van der Waals surface area contributed by atoms with Crippen molar-refractivity contribution in [2.24, 2.45) is 0 Å². The normalized spacial score (nSPS) is 11.6. The molecule has 2 aromatic heterocycles. The van der Waals surface area contributed by atoms with E-state index in [4.69, 9.17) is 20.0 Å². The summed E-state index contributed by atoms with van der Waals surface area (Å²) in [5.41, 5.74) is 0.859. The molecular weight excluding hydrogens is 394 g/mol. The number of pyridine rings is 1. The smallest absolute Gasteiger partial charge is 0.408 e. The van der Waals surface area contributed by atoms with E-state index in [0.29, 0.717) is 22.0 Å². The van der Waals surface area contributed by atoms with Gasteiger partial charge in [0.2, 0.25) is 0 Å². The first-order chi connectivity index (χ1) is 13.7. The van der Waals surface area contributed by atoms with Crippen LogP contribution in [0.1, 0.15) is 31.3 Å². The van der Waals surface area contributed by atoms with Crippen LogP contribution in [0, 0.1) is 22.7 Å². The molecule has 0 unspecified atom stereocenters. The van der Waals surface area contributed by atoms with Gasteiger partial charge in [0.05, 0.1) is 22.0 Å². The molecule has 2 heterocycles. The van der Waals surface area contributed by atoms with Crippen LogP contribution in [0.15, 0.2) is 23.7 Å². The summed E-state index contributed by atoms with van der Waals surface area (Å²) in [5.74, 6) is -0.759. The molecule has 0 spiro atoms. The highest BCUT2D eigenvalue weighted by Gasteiger charge is 2.27. The zero-order chi connectivity index (χ0) is 21.4. The summed E-state index contributed by atoms with van der Waals surface area (Å²) >= 11 is 1.28. The molecular formula is C19H19N5O4S. The number of nitriles is 2. The van der Waals surface area contributed by atoms with E-state index in [1.807, 2.05) is 6.07 Å². The highest BCUT2D eigenvalue weighted by molar-refractivity contribution is 7.10. The Morgan fingerprint density at radius 3 is 2.62 bits per heavy atom. The van der Waals surface area contributed by atoms with Crippen molar-refractivity contribution in [3.05, 3.63) is 34.3 Å². The molecule has 10 heteroatoms. The van der Waals surface area contributed by atoms with Crippen LogP contribution in [0.4, 0.5) is 4.79 Å². The van der Waals surface area contributed by atoms with Crippen LogP contribution in [0.25, 0.3) is 11.4 Å². The molecule has 0 saturated carbocycles. The first-order valence-corrected chi connectivity index (χ1v) is 9.44. The Hall–Kier alpha value is -3.50. The topological polar surface area (TPSA) is 138 Å². The Morgan fingerprint density at radius 2 is 2.03 bits per heavy atom. The van der Waals surface area contributed by atoms with E-state index in [2.05, 4.69) is 15.3 Å². The van der Waals surface area contributed by atoms with Crippen LogP contribution in [-0.4, -0.2) is 40.3 Å². The quantitative estimate of drug-likeness (QED) is 0.713. The zero-order valence-corrected chi connectivity index (χ0v) is 16.9. The molecule has 29 heavy (non-hydrogen) atoms. The van der Waals surface area contributed by atoms with Crippen molar-refractivity contribution in [3.8, 4) is 23.5 Å². The molecule has 2 rings (SSSR count). The van der Waals surface area contributed by atoms with Crippen molar-refractivity contribution in [1.29, 1.82) is 10.5 Å². The third-order valence-corrected chi connectivity index (χ3v) is 4.21. The highest BCUT2D eigenvalue weighted by atomic mass is 32.1. The summed E-state index contributed by atoms with van der Waals surface area (Å²) in [6.07, 6.45) is 0.729. The molecule has 150 valence electrons. The van der Waals surface area contributed by atoms with Gasteiger partial charge in [-0.25, -0.2) is 14.6 Å². The van der Waals surface area contributed by atoms with Gasteiger partial charge in [-0.15, -0.1) is 11.3 Å². The Morgan fingerprint density at radius 1 is 1.28 bits per heavy atom. The number of alkyl carbamates (subject to hydrolysis) is 1. The van der Waals surface area contributed by atoms with Crippen molar-refractivity contribution in [3.63, 3.8) is 0 Å². The number of rotatable bonds is 6. The molecule has 0 aliphatic carbocycles. The molecule has 0 aromatic carbocycles. The average molecular weight is 413 g/mol. The lowest BCUT2D eigenvalue weighted by Gasteiger charge is -2.22. The molecule has 0 bridgehead atoms. The van der Waals surface area contributed by atoms with Gasteiger partial charge in [-0.1, -0.05) is 0 Å². The Balaban J connectivity index is 2.14. The number of ether oxygens (including phenoxy) is 2. The largest absolute Gasteiger partial charge is 0.449 e. The molecule has 0 radical (unpaired) electrons. The minimum atomic E-state index is -1.06. The fourth-order valence-electron chi connectivity index (χ4n) is 2.16. The van der Waals surface area contributed by atoms with E-state index >= 15 is 0 Å². The number of carbonyl (C=O) groups is 2. The summed E-state index contributed by atoms with van der Waals surface area (Å²) in [5, 5.41) is 22.2. The molecule has 1 N–H and O–H groups in total. The van der Waals surface area contributed by atoms with Crippen LogP contribution in [0.5, 0.6) is 0 Å². The maximum Gasteiger partial charge on any atom is 0.408 e. The van der Waals surface area contributed by atoms with E-state index in [0.717, 1.165) is 0 Å². The summed E-state index contributed by atoms with van der Waals surface area (Å²) in [4.78, 5) is 32.9. The standard InChI is InChI=1S/C19H19N5O4S/c1-19(2,3)28-18(26)24-14(17(25)27-7-6-20)8-16-23-15(11-29-16)13-5-4-12(9-21)10-22-13/h4-5,10-11,14H,7-8H2,1-3H3,(H,24,26)/t14-/m0/s1. The summed E-state index contributed by atoms with van der Waals surface area (Å²) in [6.45, 7) is 4.68. The van der Waals surface area contributed by atoms with Gasteiger partial charge in [-0.05, 0) is 32.9 Å². The lowest BCUT2D eigenvalue weighted by atomic mass is 10.2. The van der Waals surface area contributed by atoms with Crippen molar-refractivity contribution < 1.29 is 19.1 Å². The summed E-state index contributed by atoms with van der Waals surface area (Å²) in [6, 6.07) is 5.95. The van der Waals surface area contributed by atoms with Gasteiger partial charge in [-0.3, -0.25) is 4.98 Å². The van der Waals surface area contributed by atoms with Gasteiger partial charge in [-0.2, -0.15) is 10.5 Å². The van der Waals surface area contributed by atoms with Crippen LogP contribution in [-0.2, 0) is 20.7 Å². The molecule has 0 aliphatic rings. The number of thiazole rings is 1. The monoisotopic (exact) mass is 413 g/mol. The molecule has 2 aromatic rings. The lowest BCUT2D eigenvalue weighted by molar-refractivity contribution is -0.144. The van der Waals surface area contributed by atoms with Crippen molar-refractivity contribution in [2.45, 2.75) is 38.8 Å². The number of amides is 1. The number of nitrogens with zero attached hydrogens (tertiary/aromatic N) is 4. The molecule has 1 atom stereocenters. The molecule has 9 nitrogen and oxygen atoms in total. The fourth-order valence-corrected chi connectivity index (χ4v) is 2.99. The minimum Gasteiger partial charge on any atom is -0.449 e. The van der Waals surface area contributed by atoms with E-state index in [1.165, 1.54) is 17.5 Å². The molecule has 0 fully saturated rings. The number of carbonyl (C=O) groups excluding carboxylic acids is 2. The van der Waals surface area contributed by atoms with Crippen LogP contribution >= 0.6 is 11.3 Å². The van der Waals surface area contributed by atoms with Crippen molar-refractivity contribution >= 4 is 23.4 Å². The number of hydrogen-bond donors (Lipinski definition) is 1. The second-order valence-electron chi connectivity index (χ2n) is 6.84. The van der Waals surface area contributed by atoms with Gasteiger partial charge in [0.15, 0.2) is 6.61 Å². The van der Waals surface area contributed by atoms with Gasteiger partial charge < -0.3 is 14.8 Å². The SMILES string of the molecule is CC(C)(C)OC(=O)N[C@@H](Cc1nc(-c2ccc(C#N)cn2)cs1)C(=O)OCC#N. The van der Waals surface area contributed by atoms with Gasteiger partial charge in [0.1, 0.15) is 23.8 Å². The van der Waals surface area contributed by atoms with Crippen molar-refractivity contribution in [1.82, 2.24) is 15.3 Å².